The summed E-state index contributed by atoms with van der Waals surface area (Å²) in [5, 5.41) is 5.91. The maximum Gasteiger partial charge on any atom is 0.220 e. The van der Waals surface area contributed by atoms with Gasteiger partial charge in [0.2, 0.25) is 11.9 Å². The Labute approximate surface area is 94.8 Å². The van der Waals surface area contributed by atoms with E-state index in [1.54, 1.807) is 7.11 Å². The van der Waals surface area contributed by atoms with E-state index in [4.69, 9.17) is 10.6 Å². The third-order valence-corrected chi connectivity index (χ3v) is 2.31. The summed E-state index contributed by atoms with van der Waals surface area (Å²) in [6.45, 7) is 1.69. The monoisotopic (exact) mass is 229 g/mol. The molecule has 0 aromatic heterocycles. The van der Waals surface area contributed by atoms with Crippen molar-refractivity contribution in [1.29, 1.82) is 0 Å². The molecule has 1 atom stereocenters. The van der Waals surface area contributed by atoms with E-state index in [1.165, 1.54) is 0 Å². The van der Waals surface area contributed by atoms with Crippen LogP contribution in [0.3, 0.4) is 0 Å². The van der Waals surface area contributed by atoms with E-state index in [9.17, 15) is 4.79 Å². The van der Waals surface area contributed by atoms with Crippen molar-refractivity contribution in [2.75, 3.05) is 26.8 Å². The summed E-state index contributed by atoms with van der Waals surface area (Å²) in [4.78, 5) is 15.1. The van der Waals surface area contributed by atoms with Gasteiger partial charge in [0.05, 0.1) is 13.2 Å². The SMILES string of the molecule is COCCN=C(NN)NC1CCC(=O)NC1. The molecule has 16 heavy (non-hydrogen) atoms. The minimum Gasteiger partial charge on any atom is -0.383 e. The molecule has 1 aliphatic rings. The lowest BCUT2D eigenvalue weighted by Crippen LogP contribution is -2.52. The van der Waals surface area contributed by atoms with Crippen LogP contribution in [0, 0.1) is 0 Å². The summed E-state index contributed by atoms with van der Waals surface area (Å²) in [7, 11) is 1.62. The molecule has 0 aromatic rings. The lowest BCUT2D eigenvalue weighted by Gasteiger charge is -2.24. The number of hydrogen-bond donors (Lipinski definition) is 4. The zero-order valence-electron chi connectivity index (χ0n) is 9.45. The summed E-state index contributed by atoms with van der Waals surface area (Å²) in [5.74, 6) is 5.95. The minimum absolute atomic E-state index is 0.0941. The number of hydrazine groups is 1. The van der Waals surface area contributed by atoms with Crippen molar-refractivity contribution >= 4 is 11.9 Å². The maximum absolute atomic E-state index is 10.9. The molecule has 0 aromatic carbocycles. The molecule has 1 saturated heterocycles. The standard InChI is InChI=1S/C9H19N5O2/c1-16-5-4-11-9(14-10)13-7-2-3-8(15)12-6-7/h7H,2-6,10H2,1H3,(H,12,15)(H2,11,13,14). The van der Waals surface area contributed by atoms with E-state index in [0.29, 0.717) is 32.1 Å². The van der Waals surface area contributed by atoms with Gasteiger partial charge in [0, 0.05) is 26.1 Å². The second kappa shape index (κ2) is 7.02. The van der Waals surface area contributed by atoms with E-state index in [2.05, 4.69) is 21.1 Å². The number of rotatable bonds is 4. The van der Waals surface area contributed by atoms with Crippen LogP contribution in [0.4, 0.5) is 0 Å². The van der Waals surface area contributed by atoms with Gasteiger partial charge in [-0.2, -0.15) is 0 Å². The van der Waals surface area contributed by atoms with Gasteiger partial charge in [-0.05, 0) is 6.42 Å². The number of nitrogens with one attached hydrogen (secondary N) is 3. The first kappa shape index (κ1) is 12.7. The summed E-state index contributed by atoms with van der Waals surface area (Å²) >= 11 is 0. The summed E-state index contributed by atoms with van der Waals surface area (Å²) in [6.07, 6.45) is 1.32. The summed E-state index contributed by atoms with van der Waals surface area (Å²) in [6, 6.07) is 0.176. The van der Waals surface area contributed by atoms with E-state index in [0.717, 1.165) is 6.42 Å². The highest BCUT2D eigenvalue weighted by atomic mass is 16.5. The highest BCUT2D eigenvalue weighted by Crippen LogP contribution is 2.01. The van der Waals surface area contributed by atoms with Crippen LogP contribution >= 0.6 is 0 Å². The van der Waals surface area contributed by atoms with Crippen molar-refractivity contribution in [3.63, 3.8) is 0 Å². The zero-order chi connectivity index (χ0) is 11.8. The van der Waals surface area contributed by atoms with Crippen LogP contribution in [0.1, 0.15) is 12.8 Å². The van der Waals surface area contributed by atoms with Crippen molar-refractivity contribution in [2.24, 2.45) is 10.8 Å². The predicted molar refractivity (Wildman–Crippen MR) is 60.7 cm³/mol. The third kappa shape index (κ3) is 4.45. The number of carbonyl (C=O) groups excluding carboxylic acids is 1. The van der Waals surface area contributed by atoms with Crippen LogP contribution in [0.2, 0.25) is 0 Å². The fraction of sp³-hybridized carbons (Fsp3) is 0.778. The number of ether oxygens (including phenoxy) is 1. The van der Waals surface area contributed by atoms with Gasteiger partial charge in [-0.3, -0.25) is 10.2 Å². The Morgan fingerprint density at radius 2 is 2.56 bits per heavy atom. The van der Waals surface area contributed by atoms with Crippen LogP contribution in [-0.2, 0) is 9.53 Å². The minimum atomic E-state index is 0.0941. The number of aliphatic imine (C=N–C) groups is 1. The molecule has 1 rings (SSSR count). The van der Waals surface area contributed by atoms with Gasteiger partial charge >= 0.3 is 0 Å². The number of methoxy groups -OCH3 is 1. The molecule has 0 spiro atoms. The number of nitrogens with two attached hydrogens (primary N) is 1. The Balaban J connectivity index is 2.32. The Morgan fingerprint density at radius 3 is 3.12 bits per heavy atom. The Morgan fingerprint density at radius 1 is 1.75 bits per heavy atom. The van der Waals surface area contributed by atoms with E-state index in [-0.39, 0.29) is 11.9 Å². The van der Waals surface area contributed by atoms with Crippen molar-refractivity contribution < 1.29 is 9.53 Å². The van der Waals surface area contributed by atoms with E-state index < -0.39 is 0 Å². The molecule has 0 bridgehead atoms. The van der Waals surface area contributed by atoms with Crippen LogP contribution < -0.4 is 21.9 Å². The van der Waals surface area contributed by atoms with Crippen LogP contribution in [0.15, 0.2) is 4.99 Å². The molecular weight excluding hydrogens is 210 g/mol. The molecule has 1 aliphatic heterocycles. The van der Waals surface area contributed by atoms with Crippen LogP contribution in [-0.4, -0.2) is 44.7 Å². The number of nitrogens with zero attached hydrogens (tertiary/aromatic N) is 1. The molecule has 92 valence electrons. The van der Waals surface area contributed by atoms with Gasteiger partial charge in [-0.25, -0.2) is 10.8 Å². The number of hydrogen-bond acceptors (Lipinski definition) is 4. The fourth-order valence-corrected chi connectivity index (χ4v) is 1.43. The lowest BCUT2D eigenvalue weighted by atomic mass is 10.1. The third-order valence-electron chi connectivity index (χ3n) is 2.31. The molecule has 5 N–H and O–H groups in total. The molecule has 1 amide bonds. The summed E-state index contributed by atoms with van der Waals surface area (Å²) in [5.41, 5.74) is 2.49. The number of piperidine rings is 1. The average Bonchev–Trinajstić information content (AvgIpc) is 2.31. The molecule has 1 fully saturated rings. The molecule has 7 nitrogen and oxygen atoms in total. The quantitative estimate of drug-likeness (QED) is 0.152. The highest BCUT2D eigenvalue weighted by Gasteiger charge is 2.18. The maximum atomic E-state index is 10.9. The molecular formula is C9H19N5O2. The van der Waals surface area contributed by atoms with Gasteiger partial charge < -0.3 is 15.4 Å². The van der Waals surface area contributed by atoms with Crippen molar-refractivity contribution in [1.82, 2.24) is 16.1 Å². The first-order chi connectivity index (χ1) is 7.76. The zero-order valence-corrected chi connectivity index (χ0v) is 9.45. The van der Waals surface area contributed by atoms with Crippen LogP contribution in [0.25, 0.3) is 0 Å². The van der Waals surface area contributed by atoms with Crippen molar-refractivity contribution in [2.45, 2.75) is 18.9 Å². The number of guanidine groups is 1. The average molecular weight is 229 g/mol. The van der Waals surface area contributed by atoms with Gasteiger partial charge in [0.15, 0.2) is 0 Å². The molecule has 0 radical (unpaired) electrons. The Bertz CT molecular complexity index is 246. The number of amides is 1. The lowest BCUT2D eigenvalue weighted by molar-refractivity contribution is -0.122. The highest BCUT2D eigenvalue weighted by molar-refractivity contribution is 5.80. The first-order valence-corrected chi connectivity index (χ1v) is 5.29. The van der Waals surface area contributed by atoms with E-state index in [1.807, 2.05) is 0 Å². The molecule has 7 heteroatoms. The second-order valence-electron chi connectivity index (χ2n) is 3.55. The smallest absolute Gasteiger partial charge is 0.220 e. The van der Waals surface area contributed by atoms with Crippen LogP contribution in [0.5, 0.6) is 0 Å². The Hall–Kier alpha value is -1.34. The molecule has 1 unspecified atom stereocenters. The molecule has 1 heterocycles. The van der Waals surface area contributed by atoms with Gasteiger partial charge in [0.1, 0.15) is 0 Å². The largest absolute Gasteiger partial charge is 0.383 e. The van der Waals surface area contributed by atoms with Gasteiger partial charge in [-0.15, -0.1) is 0 Å². The topological polar surface area (TPSA) is 101 Å². The fourth-order valence-electron chi connectivity index (χ4n) is 1.43. The second-order valence-corrected chi connectivity index (χ2v) is 3.55. The van der Waals surface area contributed by atoms with Gasteiger partial charge in [-0.1, -0.05) is 0 Å². The van der Waals surface area contributed by atoms with Crippen molar-refractivity contribution in [3.8, 4) is 0 Å². The normalized spacial score (nSPS) is 21.5. The summed E-state index contributed by atoms with van der Waals surface area (Å²) < 4.78 is 4.88. The van der Waals surface area contributed by atoms with E-state index >= 15 is 0 Å². The Kier molecular flexibility index (Phi) is 5.58. The molecule has 0 aliphatic carbocycles. The predicted octanol–water partition coefficient (Wildman–Crippen LogP) is -1.68. The first-order valence-electron chi connectivity index (χ1n) is 5.29. The molecule has 0 saturated carbocycles. The number of carbonyl (C=O) groups is 1. The van der Waals surface area contributed by atoms with Crippen molar-refractivity contribution in [3.05, 3.63) is 0 Å². The van der Waals surface area contributed by atoms with Gasteiger partial charge in [0.25, 0.3) is 0 Å².